The SMILES string of the molecule is COc1ccc([C@@H]2CC(O)=CC(=O)[C@H]2c2ncc(C(F)(F)F)cc2Cl)cc1. The third-order valence-corrected chi connectivity index (χ3v) is 4.79. The third-order valence-electron chi connectivity index (χ3n) is 4.48. The van der Waals surface area contributed by atoms with E-state index >= 15 is 0 Å². The minimum Gasteiger partial charge on any atom is -0.512 e. The van der Waals surface area contributed by atoms with Gasteiger partial charge in [-0.25, -0.2) is 0 Å². The fourth-order valence-electron chi connectivity index (χ4n) is 3.17. The number of rotatable bonds is 3. The minimum atomic E-state index is -4.58. The summed E-state index contributed by atoms with van der Waals surface area (Å²) < 4.78 is 43.7. The smallest absolute Gasteiger partial charge is 0.417 e. The first-order valence-electron chi connectivity index (χ1n) is 8.00. The second-order valence-corrected chi connectivity index (χ2v) is 6.60. The van der Waals surface area contributed by atoms with Crippen molar-refractivity contribution < 1.29 is 27.8 Å². The number of ketones is 1. The Bertz CT molecular complexity index is 894. The molecule has 27 heavy (non-hydrogen) atoms. The molecule has 0 saturated carbocycles. The summed E-state index contributed by atoms with van der Waals surface area (Å²) in [5.74, 6) is -1.36. The molecule has 1 aromatic heterocycles. The number of benzene rings is 1. The van der Waals surface area contributed by atoms with Gasteiger partial charge in [0, 0.05) is 24.6 Å². The van der Waals surface area contributed by atoms with Gasteiger partial charge in [0.25, 0.3) is 0 Å². The Hall–Kier alpha value is -2.54. The van der Waals surface area contributed by atoms with E-state index in [9.17, 15) is 23.1 Å². The van der Waals surface area contributed by atoms with Gasteiger partial charge in [-0.3, -0.25) is 9.78 Å². The fraction of sp³-hybridized carbons (Fsp3) is 0.263. The fourth-order valence-corrected chi connectivity index (χ4v) is 3.46. The van der Waals surface area contributed by atoms with E-state index in [1.54, 1.807) is 24.3 Å². The first-order chi connectivity index (χ1) is 12.7. The maximum Gasteiger partial charge on any atom is 0.417 e. The lowest BCUT2D eigenvalue weighted by Gasteiger charge is -2.29. The Morgan fingerprint density at radius 2 is 1.93 bits per heavy atom. The summed E-state index contributed by atoms with van der Waals surface area (Å²) in [5.41, 5.74) is -0.218. The average molecular weight is 398 g/mol. The van der Waals surface area contributed by atoms with Gasteiger partial charge in [0.1, 0.15) is 5.75 Å². The van der Waals surface area contributed by atoms with Crippen molar-refractivity contribution in [2.24, 2.45) is 0 Å². The zero-order valence-electron chi connectivity index (χ0n) is 14.1. The number of aliphatic hydroxyl groups is 1. The van der Waals surface area contributed by atoms with E-state index in [-0.39, 0.29) is 22.9 Å². The van der Waals surface area contributed by atoms with Gasteiger partial charge in [-0.15, -0.1) is 0 Å². The lowest BCUT2D eigenvalue weighted by molar-refractivity contribution is -0.137. The molecule has 1 aliphatic rings. The summed E-state index contributed by atoms with van der Waals surface area (Å²) in [5, 5.41) is 9.67. The monoisotopic (exact) mass is 397 g/mol. The highest BCUT2D eigenvalue weighted by molar-refractivity contribution is 6.31. The van der Waals surface area contributed by atoms with Crippen molar-refractivity contribution in [2.75, 3.05) is 7.11 Å². The molecule has 0 amide bonds. The Morgan fingerprint density at radius 1 is 1.26 bits per heavy atom. The van der Waals surface area contributed by atoms with E-state index in [1.165, 1.54) is 7.11 Å². The van der Waals surface area contributed by atoms with Gasteiger partial charge in [0.05, 0.1) is 35.1 Å². The van der Waals surface area contributed by atoms with Gasteiger partial charge in [-0.1, -0.05) is 23.7 Å². The lowest BCUT2D eigenvalue weighted by atomic mass is 9.75. The molecule has 8 heteroatoms. The molecule has 142 valence electrons. The largest absolute Gasteiger partial charge is 0.512 e. The van der Waals surface area contributed by atoms with Gasteiger partial charge in [0.15, 0.2) is 5.78 Å². The molecular formula is C19H15ClF3NO3. The molecule has 0 unspecified atom stereocenters. The highest BCUT2D eigenvalue weighted by Crippen LogP contribution is 2.44. The van der Waals surface area contributed by atoms with Crippen molar-refractivity contribution >= 4 is 17.4 Å². The maximum absolute atomic E-state index is 12.9. The topological polar surface area (TPSA) is 59.4 Å². The molecule has 1 aromatic carbocycles. The van der Waals surface area contributed by atoms with Crippen LogP contribution in [0.15, 0.2) is 48.4 Å². The van der Waals surface area contributed by atoms with E-state index in [2.05, 4.69) is 4.98 Å². The van der Waals surface area contributed by atoms with Crippen LogP contribution in [-0.2, 0) is 11.0 Å². The van der Waals surface area contributed by atoms with Gasteiger partial charge >= 0.3 is 6.18 Å². The van der Waals surface area contributed by atoms with Crippen molar-refractivity contribution in [3.63, 3.8) is 0 Å². The van der Waals surface area contributed by atoms with Crippen LogP contribution >= 0.6 is 11.6 Å². The number of pyridine rings is 1. The van der Waals surface area contributed by atoms with Crippen molar-refractivity contribution in [2.45, 2.75) is 24.4 Å². The Balaban J connectivity index is 2.05. The Labute approximate surface area is 158 Å². The maximum atomic E-state index is 12.9. The molecule has 3 rings (SSSR count). The van der Waals surface area contributed by atoms with Crippen LogP contribution in [0.2, 0.25) is 5.02 Å². The Morgan fingerprint density at radius 3 is 2.48 bits per heavy atom. The number of halogens is 4. The van der Waals surface area contributed by atoms with Crippen LogP contribution in [0, 0.1) is 0 Å². The van der Waals surface area contributed by atoms with Gasteiger partial charge in [0.2, 0.25) is 0 Å². The molecule has 1 aliphatic carbocycles. The quantitative estimate of drug-likeness (QED) is 0.787. The van der Waals surface area contributed by atoms with E-state index in [0.29, 0.717) is 17.5 Å². The van der Waals surface area contributed by atoms with Crippen LogP contribution in [0.4, 0.5) is 13.2 Å². The molecule has 4 nitrogen and oxygen atoms in total. The molecule has 0 bridgehead atoms. The lowest BCUT2D eigenvalue weighted by Crippen LogP contribution is -2.25. The van der Waals surface area contributed by atoms with Crippen molar-refractivity contribution in [1.82, 2.24) is 4.98 Å². The van der Waals surface area contributed by atoms with Crippen LogP contribution < -0.4 is 4.74 Å². The number of allylic oxidation sites excluding steroid dienone is 2. The normalized spacial score (nSPS) is 20.3. The van der Waals surface area contributed by atoms with Crippen LogP contribution in [0.3, 0.4) is 0 Å². The number of alkyl halides is 3. The second kappa shape index (κ2) is 7.23. The summed E-state index contributed by atoms with van der Waals surface area (Å²) in [6.07, 6.45) is -2.71. The molecule has 0 aliphatic heterocycles. The molecule has 1 heterocycles. The van der Waals surface area contributed by atoms with E-state index < -0.39 is 29.4 Å². The summed E-state index contributed by atoms with van der Waals surface area (Å²) in [7, 11) is 1.52. The molecule has 0 radical (unpaired) electrons. The summed E-state index contributed by atoms with van der Waals surface area (Å²) in [6.45, 7) is 0. The molecule has 0 spiro atoms. The van der Waals surface area contributed by atoms with Gasteiger partial charge in [-0.05, 0) is 23.8 Å². The number of hydrogen-bond acceptors (Lipinski definition) is 4. The van der Waals surface area contributed by atoms with Crippen LogP contribution in [0.1, 0.15) is 35.1 Å². The molecule has 0 fully saturated rings. The first kappa shape index (κ1) is 19.2. The molecule has 1 N–H and O–H groups in total. The van der Waals surface area contributed by atoms with Gasteiger partial charge in [-0.2, -0.15) is 13.2 Å². The Kier molecular flexibility index (Phi) is 5.15. The molecule has 2 aromatic rings. The first-order valence-corrected chi connectivity index (χ1v) is 8.38. The highest BCUT2D eigenvalue weighted by atomic mass is 35.5. The number of aliphatic hydroxyl groups excluding tert-OH is 1. The highest BCUT2D eigenvalue weighted by Gasteiger charge is 2.38. The third kappa shape index (κ3) is 3.93. The van der Waals surface area contributed by atoms with Crippen LogP contribution in [0.5, 0.6) is 5.75 Å². The number of carbonyl (C=O) groups excluding carboxylic acids is 1. The summed E-state index contributed by atoms with van der Waals surface area (Å²) >= 11 is 6.05. The van der Waals surface area contributed by atoms with E-state index in [0.717, 1.165) is 12.1 Å². The van der Waals surface area contributed by atoms with Crippen molar-refractivity contribution in [3.05, 3.63) is 70.2 Å². The summed E-state index contributed by atoms with van der Waals surface area (Å²) in [4.78, 5) is 16.4. The van der Waals surface area contributed by atoms with E-state index in [1.807, 2.05) is 0 Å². The molecule has 0 saturated heterocycles. The number of hydrogen-bond donors (Lipinski definition) is 1. The standard InChI is InChI=1S/C19H15ClF3NO3/c1-27-13-4-2-10(3-5-13)14-7-12(25)8-16(26)17(14)18-15(20)6-11(9-24-18)19(21,22)23/h2-6,8-9,14,17,25H,7H2,1H3/t14-,17-/m0/s1. The van der Waals surface area contributed by atoms with Crippen LogP contribution in [0.25, 0.3) is 0 Å². The predicted molar refractivity (Wildman–Crippen MR) is 93.1 cm³/mol. The van der Waals surface area contributed by atoms with Crippen LogP contribution in [-0.4, -0.2) is 23.0 Å². The van der Waals surface area contributed by atoms with Crippen molar-refractivity contribution in [3.8, 4) is 5.75 Å². The predicted octanol–water partition coefficient (Wildman–Crippen LogP) is 5.04. The second-order valence-electron chi connectivity index (χ2n) is 6.19. The number of carbonyl (C=O) groups is 1. The summed E-state index contributed by atoms with van der Waals surface area (Å²) in [6, 6.07) is 7.64. The number of ether oxygens (including phenoxy) is 1. The molecular weight excluding hydrogens is 383 g/mol. The number of aromatic nitrogens is 1. The number of methoxy groups -OCH3 is 1. The van der Waals surface area contributed by atoms with Crippen molar-refractivity contribution in [1.29, 1.82) is 0 Å². The zero-order chi connectivity index (χ0) is 19.8. The van der Waals surface area contributed by atoms with Gasteiger partial charge < -0.3 is 9.84 Å². The minimum absolute atomic E-state index is 0.0548. The molecule has 2 atom stereocenters. The zero-order valence-corrected chi connectivity index (χ0v) is 14.9. The van der Waals surface area contributed by atoms with E-state index in [4.69, 9.17) is 16.3 Å². The number of nitrogens with zero attached hydrogens (tertiary/aromatic N) is 1. The average Bonchev–Trinajstić information content (AvgIpc) is 2.61.